The van der Waals surface area contributed by atoms with Crippen molar-refractivity contribution in [1.82, 2.24) is 61.7 Å². The molecule has 8 aromatic carbocycles. The van der Waals surface area contributed by atoms with Crippen LogP contribution < -0.4 is 75.3 Å². The van der Waals surface area contributed by atoms with E-state index in [0.29, 0.717) is 132 Å². The molecule has 0 bridgehead atoms. The van der Waals surface area contributed by atoms with Crippen LogP contribution in [0.1, 0.15) is 116 Å². The number of hydrogen-bond donors (Lipinski definition) is 16. The number of anilines is 4. The molecule has 0 saturated heterocycles. The molecule has 15 aromatic rings. The van der Waals surface area contributed by atoms with Gasteiger partial charge >= 0.3 is 0 Å². The number of halogens is 4. The number of amides is 8. The van der Waals surface area contributed by atoms with Gasteiger partial charge in [0.2, 0.25) is 36.0 Å². The number of rotatable bonds is 19. The van der Waals surface area contributed by atoms with Gasteiger partial charge < -0.3 is 68.7 Å². The number of fused-ring (bicyclic) bond motifs is 2. The second-order valence-corrected chi connectivity index (χ2v) is 32.5. The highest BCUT2D eigenvalue weighted by molar-refractivity contribution is 6.22. The number of H-pyrrole nitrogens is 4. The van der Waals surface area contributed by atoms with Crippen LogP contribution in [0.15, 0.2) is 212 Å². The number of aromatic nitrogens is 10. The van der Waals surface area contributed by atoms with Crippen LogP contribution in [-0.2, 0) is 78.8 Å². The van der Waals surface area contributed by atoms with Gasteiger partial charge in [-0.2, -0.15) is 20.4 Å². The number of carbonyl (C=O) groups excluding carboxylic acids is 8. The average molecular weight is 1880 g/mol. The van der Waals surface area contributed by atoms with Crippen molar-refractivity contribution in [3.63, 3.8) is 0 Å². The minimum Gasteiger partial charge on any atom is -0.358 e. The highest BCUT2D eigenvalue weighted by Crippen LogP contribution is 2.40. The van der Waals surface area contributed by atoms with Crippen LogP contribution in [-0.4, -0.2) is 136 Å². The topological polar surface area (TPSA) is 527 Å². The molecule has 4 atom stereocenters. The monoisotopic (exact) mass is 1870 g/mol. The van der Waals surface area contributed by atoms with Crippen molar-refractivity contribution in [2.24, 2.45) is 76.3 Å². The van der Waals surface area contributed by atoms with E-state index in [4.69, 9.17) is 32.0 Å². The molecule has 21 rings (SSSR count). The number of nitrogens with two attached hydrogens (primary N) is 4. The quantitative estimate of drug-likeness (QED) is 0.0335. The summed E-state index contributed by atoms with van der Waals surface area (Å²) in [5.74, 6) is -1.51. The van der Waals surface area contributed by atoms with Gasteiger partial charge in [-0.3, -0.25) is 47.4 Å². The van der Waals surface area contributed by atoms with E-state index in [1.54, 1.807) is 105 Å². The number of nitrogens with one attached hydrogen (secondary N) is 12. The molecule has 0 saturated carbocycles. The predicted octanol–water partition coefficient (Wildman–Crippen LogP) is 9.49. The molecule has 11 heterocycles. The first-order valence-electron chi connectivity index (χ1n) is 41.7. The van der Waals surface area contributed by atoms with E-state index in [0.717, 1.165) is 81.3 Å². The maximum atomic E-state index is 13.0. The first kappa shape index (κ1) is 94.0. The summed E-state index contributed by atoms with van der Waals surface area (Å²) in [5, 5.41) is 38.2. The molecule has 0 radical (unpaired) electrons. The number of benzene rings is 8. The number of carbonyl (C=O) groups is 8. The van der Waals surface area contributed by atoms with Gasteiger partial charge in [-0.15, -0.1) is 49.6 Å². The van der Waals surface area contributed by atoms with Crippen LogP contribution in [0.2, 0.25) is 0 Å². The summed E-state index contributed by atoms with van der Waals surface area (Å²) in [6.45, 7) is 1.92. The number of nitrogens with zero attached hydrogens (tertiary/aromatic N) is 10. The van der Waals surface area contributed by atoms with Crippen molar-refractivity contribution in [2.45, 2.75) is 82.5 Å². The van der Waals surface area contributed by atoms with Gasteiger partial charge in [0.15, 0.2) is 24.6 Å². The Morgan fingerprint density at radius 1 is 0.436 bits per heavy atom. The lowest BCUT2D eigenvalue weighted by atomic mass is 9.96. The van der Waals surface area contributed by atoms with Crippen LogP contribution in [0.4, 0.5) is 22.7 Å². The van der Waals surface area contributed by atoms with Crippen LogP contribution in [0.5, 0.6) is 0 Å². The van der Waals surface area contributed by atoms with E-state index in [2.05, 4.69) is 123 Å². The lowest BCUT2D eigenvalue weighted by Gasteiger charge is -2.18. The highest BCUT2D eigenvalue weighted by atomic mass is 35.5. The average Bonchev–Trinajstić information content (AvgIpc) is 1.60. The minimum atomic E-state index is -0.693. The molecule has 2 aliphatic carbocycles. The van der Waals surface area contributed by atoms with Crippen molar-refractivity contribution in [3.05, 3.63) is 266 Å². The van der Waals surface area contributed by atoms with Crippen molar-refractivity contribution in [2.75, 3.05) is 21.3 Å². The molecular weight excluding hydrogens is 1780 g/mol. The summed E-state index contributed by atoms with van der Waals surface area (Å²) < 4.78 is 15.7. The molecule has 6 aliphatic rings. The van der Waals surface area contributed by atoms with Crippen LogP contribution in [0, 0.1) is 18.8 Å². The van der Waals surface area contributed by atoms with E-state index in [1.165, 1.54) is 26.9 Å². The van der Waals surface area contributed by atoms with Gasteiger partial charge in [0, 0.05) is 108 Å². The zero-order valence-corrected chi connectivity index (χ0v) is 75.0. The van der Waals surface area contributed by atoms with Crippen molar-refractivity contribution in [1.29, 1.82) is 0 Å². The molecule has 8 amide bonds. The Kier molecular flexibility index (Phi) is 28.3. The van der Waals surface area contributed by atoms with Crippen molar-refractivity contribution in [3.8, 4) is 34.3 Å². The summed E-state index contributed by atoms with van der Waals surface area (Å²) in [4.78, 5) is 119. The molecule has 20 N–H and O–H groups in total. The molecule has 133 heavy (non-hydrogen) atoms. The first-order valence-corrected chi connectivity index (χ1v) is 41.7. The smallest absolute Gasteiger partial charge is 0.272 e. The first-order chi connectivity index (χ1) is 62.5. The predicted molar refractivity (Wildman–Crippen MR) is 513 cm³/mol. The Morgan fingerprint density at radius 2 is 0.752 bits per heavy atom. The lowest BCUT2D eigenvalue weighted by Crippen LogP contribution is -2.42. The summed E-state index contributed by atoms with van der Waals surface area (Å²) >= 11 is 0. The third-order valence-corrected chi connectivity index (χ3v) is 23.7. The summed E-state index contributed by atoms with van der Waals surface area (Å²) in [6, 6.07) is 47.2. The Hall–Kier alpha value is -15.2. The molecular formula is C93H92Cl4N26O10+2. The van der Waals surface area contributed by atoms with E-state index < -0.39 is 24.2 Å². The second kappa shape index (κ2) is 40.1. The Morgan fingerprint density at radius 3 is 1.09 bits per heavy atom. The van der Waals surface area contributed by atoms with Crippen LogP contribution >= 0.6 is 49.6 Å². The zero-order chi connectivity index (χ0) is 89.4. The number of hydrazone groups is 4. The largest absolute Gasteiger partial charge is 0.358 e. The van der Waals surface area contributed by atoms with Crippen LogP contribution in [0.25, 0.3) is 77.9 Å². The maximum absolute atomic E-state index is 13.0. The van der Waals surface area contributed by atoms with E-state index >= 15 is 0 Å². The third kappa shape index (κ3) is 19.7. The fourth-order valence-electron chi connectivity index (χ4n) is 17.2. The molecule has 7 aromatic heterocycles. The van der Waals surface area contributed by atoms with E-state index in [-0.39, 0.29) is 109 Å². The molecule has 36 nitrogen and oxygen atoms in total. The number of hydrogen-bond acceptors (Lipinski definition) is 21. The van der Waals surface area contributed by atoms with Crippen molar-refractivity contribution < 1.29 is 56.8 Å². The van der Waals surface area contributed by atoms with Gasteiger partial charge in [-0.25, -0.2) is 26.7 Å². The molecule has 680 valence electrons. The Balaban J connectivity index is 0.000000141. The van der Waals surface area contributed by atoms with E-state index in [9.17, 15) is 38.4 Å². The highest BCUT2D eigenvalue weighted by Gasteiger charge is 2.36. The Bertz CT molecular complexity index is 6910. The van der Waals surface area contributed by atoms with Gasteiger partial charge in [0.25, 0.3) is 35.1 Å². The second-order valence-electron chi connectivity index (χ2n) is 32.5. The van der Waals surface area contributed by atoms with Crippen molar-refractivity contribution >= 4 is 188 Å². The summed E-state index contributed by atoms with van der Waals surface area (Å²) in [5.41, 5.74) is 55.2. The minimum absolute atomic E-state index is 0. The zero-order valence-electron chi connectivity index (χ0n) is 71.7. The molecule has 0 unspecified atom stereocenters. The van der Waals surface area contributed by atoms with Gasteiger partial charge in [0.05, 0.1) is 83.3 Å². The van der Waals surface area contributed by atoms with Gasteiger partial charge in [-0.05, 0) is 152 Å². The number of imidazole rings is 1. The van der Waals surface area contributed by atoms with E-state index in [1.807, 2.05) is 116 Å². The normalized spacial score (nSPS) is 14.3. The molecule has 0 fully saturated rings. The Labute approximate surface area is 782 Å². The summed E-state index contributed by atoms with van der Waals surface area (Å²) in [6.07, 6.45) is 18.9. The summed E-state index contributed by atoms with van der Waals surface area (Å²) in [7, 11) is 5.38. The van der Waals surface area contributed by atoms with Gasteiger partial charge in [-0.1, -0.05) is 119 Å². The fourth-order valence-corrected chi connectivity index (χ4v) is 17.2. The SMILES string of the molecule is C[n+]1cc(-c2[nH]c3cc(NC(=O)[C@H](N)C4Cc5ccccc5C4)cc4c3c2C=NNC4=O)on1.C[n+]1cc(-c2[nH]c3cc(NC(=O)[C@H](N)CCc4ccccc4)cc4c3c2C=NNC4=O)on1.Cc1[nH]c2cc(NC(=O)[C@H](N)C3Cc4ccccc4C3)cc3c2c1C=NNC3=O.Cl.Cl.Cl.Cl.Cn1cnc(-c2[nH]c3cc(NC(=O)[C@H](N)CCc4ccccc4)cc4c3c2C=NNC4=O)c1. The maximum Gasteiger partial charge on any atom is 0.272 e. The molecule has 4 aliphatic heterocycles. The third-order valence-electron chi connectivity index (χ3n) is 23.7. The number of aryl methyl sites for hydroxylation is 6. The molecule has 0 spiro atoms. The number of aromatic amines is 4. The van der Waals surface area contributed by atoms with Gasteiger partial charge in [0.1, 0.15) is 17.1 Å². The standard InChI is InChI=1S/C24H21N7O3.C24H23N7O2.C23H21N7O3.C22H21N5O2.4ClH/c1-31-11-19(34-30-31)22-17-10-26-29-23(32)16-8-15(9-18(28-22)20(16)17)27-24(33)21(25)14-6-12-4-2-3-5-13(12)7-14;1-31-12-20(26-13-31)22-17-11-27-30-23(32)16-9-15(10-19(29-22)21(16)17)28-24(33)18(25)8-7-14-5-3-2-4-6-14;1-30-12-19(33-29-30)21-16-11-25-28-22(31)15-9-14(10-18(27-21)20(15)16)26-23(32)17(24)8-7-13-5-3-2-4-6-13;1-11-17-10-24-27-21(28)16-8-15(9-18(25-11)19(16)17)26-22(29)20(23)14-6-12-4-2-3-5-13(12)7-14;;;;/h2-5,8-11,14,21,30H,6-7,25H2,1H3,(H,27,29,32,33);2-6,9-13,18,29H,7-8,25H2,1H3,(H,28,33)(H,30,32);2-6,9-12,17,29H,7-8,24H2,1H3,(H,26,28,31,32);2-5,8-10,14,20,25H,6-7,23H2,1H3,(H,26,29)(H,27,28);4*1H/p+2/t21-;18-;17-;20-;;;;/m1111..../s1. The molecule has 40 heteroatoms. The lowest BCUT2D eigenvalue weighted by molar-refractivity contribution is -0.739. The fraction of sp³-hybridized carbons (Fsp3) is 0.194. The van der Waals surface area contributed by atoms with Crippen LogP contribution in [0.3, 0.4) is 0 Å².